The molecule has 1 aliphatic carbocycles. The molecule has 1 saturated carbocycles. The number of β-amino-alcohol motifs (C(OH)–C–C–N with tert-alkyl or cyclic N) is 1. The molecule has 1 spiro atoms. The van der Waals surface area contributed by atoms with E-state index in [0.29, 0.717) is 42.3 Å². The summed E-state index contributed by atoms with van der Waals surface area (Å²) in [5.74, 6) is 0.638. The van der Waals surface area contributed by atoms with E-state index in [1.807, 2.05) is 6.07 Å². The molecule has 168 valence electrons. The van der Waals surface area contributed by atoms with Crippen LogP contribution >= 0.6 is 0 Å². The second-order valence-electron chi connectivity index (χ2n) is 9.39. The second-order valence-corrected chi connectivity index (χ2v) is 9.39. The minimum atomic E-state index is -0.755. The second kappa shape index (κ2) is 8.22. The molecule has 7 nitrogen and oxygen atoms in total. The molecular weight excluding hydrogens is 406 g/mol. The molecule has 32 heavy (non-hydrogen) atoms. The molecule has 2 aromatic carbocycles. The van der Waals surface area contributed by atoms with Gasteiger partial charge in [0.05, 0.1) is 11.8 Å². The Morgan fingerprint density at radius 1 is 1.28 bits per heavy atom. The Balaban J connectivity index is 1.15. The molecule has 2 aliphatic heterocycles. The lowest BCUT2D eigenvalue weighted by atomic mass is 9.70. The maximum absolute atomic E-state index is 12.6. The Morgan fingerprint density at radius 2 is 2.06 bits per heavy atom. The van der Waals surface area contributed by atoms with Crippen LogP contribution in [-0.4, -0.2) is 53.2 Å². The predicted molar refractivity (Wildman–Crippen MR) is 121 cm³/mol. The SMILES string of the molecule is CC1CC2(C1)Oc1ccc(C(=O)NC[C@H](O)CN3CCc4ccccc4C3)cc1NC2=O. The minimum Gasteiger partial charge on any atom is -0.475 e. The molecule has 0 radical (unpaired) electrons. The minimum absolute atomic E-state index is 0.140. The zero-order valence-electron chi connectivity index (χ0n) is 18.3. The van der Waals surface area contributed by atoms with E-state index in [4.69, 9.17) is 4.74 Å². The number of amides is 2. The van der Waals surface area contributed by atoms with Crippen LogP contribution in [0.15, 0.2) is 42.5 Å². The molecule has 7 heteroatoms. The number of benzene rings is 2. The molecule has 2 heterocycles. The average Bonchev–Trinajstić information content (AvgIpc) is 2.76. The Labute approximate surface area is 187 Å². The Kier molecular flexibility index (Phi) is 5.39. The summed E-state index contributed by atoms with van der Waals surface area (Å²) in [6.45, 7) is 4.48. The van der Waals surface area contributed by atoms with E-state index in [9.17, 15) is 14.7 Å². The van der Waals surface area contributed by atoms with E-state index in [2.05, 4.69) is 40.7 Å². The van der Waals surface area contributed by atoms with E-state index < -0.39 is 11.7 Å². The predicted octanol–water partition coefficient (Wildman–Crippen LogP) is 2.34. The largest absolute Gasteiger partial charge is 0.475 e. The number of fused-ring (bicyclic) bond motifs is 2. The zero-order valence-corrected chi connectivity index (χ0v) is 18.3. The summed E-state index contributed by atoms with van der Waals surface area (Å²) in [5.41, 5.74) is 2.85. The Hall–Kier alpha value is -2.90. The molecule has 0 bridgehead atoms. The Morgan fingerprint density at radius 3 is 2.84 bits per heavy atom. The van der Waals surface area contributed by atoms with Crippen LogP contribution in [0, 0.1) is 5.92 Å². The van der Waals surface area contributed by atoms with Crippen LogP contribution in [0.4, 0.5) is 5.69 Å². The van der Waals surface area contributed by atoms with Gasteiger partial charge in [0.1, 0.15) is 5.75 Å². The first-order chi connectivity index (χ1) is 15.4. The van der Waals surface area contributed by atoms with Gasteiger partial charge in [-0.1, -0.05) is 31.2 Å². The van der Waals surface area contributed by atoms with Gasteiger partial charge in [-0.15, -0.1) is 0 Å². The number of hydrogen-bond acceptors (Lipinski definition) is 5. The molecule has 3 aliphatic rings. The van der Waals surface area contributed by atoms with Gasteiger partial charge in [0.2, 0.25) is 0 Å². The van der Waals surface area contributed by atoms with Gasteiger partial charge in [0, 0.05) is 31.7 Å². The summed E-state index contributed by atoms with van der Waals surface area (Å²) in [4.78, 5) is 27.3. The monoisotopic (exact) mass is 435 g/mol. The number of rotatable bonds is 5. The van der Waals surface area contributed by atoms with Crippen LogP contribution in [0.25, 0.3) is 0 Å². The first-order valence-electron chi connectivity index (χ1n) is 11.3. The first kappa shape index (κ1) is 21.0. The molecule has 0 saturated heterocycles. The van der Waals surface area contributed by atoms with Crippen molar-refractivity contribution in [2.24, 2.45) is 5.92 Å². The summed E-state index contributed by atoms with van der Waals surface area (Å²) in [6, 6.07) is 13.4. The normalized spacial score (nSPS) is 25.1. The number of carbonyl (C=O) groups excluding carboxylic acids is 2. The van der Waals surface area contributed by atoms with Crippen LogP contribution in [-0.2, 0) is 17.8 Å². The molecule has 1 atom stereocenters. The third kappa shape index (κ3) is 3.98. The summed E-state index contributed by atoms with van der Waals surface area (Å²) in [7, 11) is 0. The fraction of sp³-hybridized carbons (Fsp3) is 0.440. The summed E-state index contributed by atoms with van der Waals surface area (Å²) < 4.78 is 5.99. The molecule has 5 rings (SSSR count). The van der Waals surface area contributed by atoms with E-state index in [-0.39, 0.29) is 18.4 Å². The van der Waals surface area contributed by atoms with E-state index in [0.717, 1.165) is 19.5 Å². The molecule has 3 N–H and O–H groups in total. The average molecular weight is 436 g/mol. The number of nitrogens with one attached hydrogen (secondary N) is 2. The standard InChI is InChI=1S/C25H29N3O4/c1-16-11-25(12-16)24(31)27-21-10-18(6-7-22(21)32-25)23(30)26-13-20(29)15-28-9-8-17-4-2-3-5-19(17)14-28/h2-7,10,16,20,29H,8-9,11-15H2,1H3,(H,26,30)(H,27,31)/t16?,20-,25?/m0/s1. The molecule has 2 aromatic rings. The van der Waals surface area contributed by atoms with Gasteiger partial charge in [-0.05, 0) is 54.5 Å². The van der Waals surface area contributed by atoms with Crippen LogP contribution < -0.4 is 15.4 Å². The van der Waals surface area contributed by atoms with Gasteiger partial charge >= 0.3 is 0 Å². The first-order valence-corrected chi connectivity index (χ1v) is 11.3. The van der Waals surface area contributed by atoms with Crippen LogP contribution in [0.3, 0.4) is 0 Å². The molecule has 1 fully saturated rings. The van der Waals surface area contributed by atoms with Crippen molar-refractivity contribution < 1.29 is 19.4 Å². The number of hydrogen-bond donors (Lipinski definition) is 3. The number of carbonyl (C=O) groups is 2. The van der Waals surface area contributed by atoms with Crippen molar-refractivity contribution in [1.29, 1.82) is 0 Å². The zero-order chi connectivity index (χ0) is 22.3. The van der Waals surface area contributed by atoms with Crippen molar-refractivity contribution in [2.45, 2.75) is 44.4 Å². The quantitative estimate of drug-likeness (QED) is 0.671. The highest BCUT2D eigenvalue weighted by molar-refractivity contribution is 6.03. The van der Waals surface area contributed by atoms with Crippen molar-refractivity contribution >= 4 is 17.5 Å². The van der Waals surface area contributed by atoms with Crippen molar-refractivity contribution in [2.75, 3.05) is 25.0 Å². The van der Waals surface area contributed by atoms with Gasteiger partial charge in [-0.25, -0.2) is 0 Å². The maximum Gasteiger partial charge on any atom is 0.268 e. The molecule has 0 aromatic heterocycles. The molecule has 2 amide bonds. The Bertz CT molecular complexity index is 1050. The molecular formula is C25H29N3O4. The maximum atomic E-state index is 12.6. The van der Waals surface area contributed by atoms with Crippen molar-refractivity contribution in [3.05, 3.63) is 59.2 Å². The highest BCUT2D eigenvalue weighted by atomic mass is 16.5. The molecule has 0 unspecified atom stereocenters. The van der Waals surface area contributed by atoms with Gasteiger partial charge in [-0.2, -0.15) is 0 Å². The van der Waals surface area contributed by atoms with Gasteiger partial charge in [0.25, 0.3) is 11.8 Å². The van der Waals surface area contributed by atoms with Gasteiger partial charge in [0.15, 0.2) is 5.60 Å². The number of nitrogens with zero attached hydrogens (tertiary/aromatic N) is 1. The van der Waals surface area contributed by atoms with Gasteiger partial charge in [-0.3, -0.25) is 14.5 Å². The van der Waals surface area contributed by atoms with E-state index in [1.54, 1.807) is 18.2 Å². The highest BCUT2D eigenvalue weighted by Crippen LogP contribution is 2.46. The summed E-state index contributed by atoms with van der Waals surface area (Å²) in [6.07, 6.45) is 1.73. The van der Waals surface area contributed by atoms with E-state index >= 15 is 0 Å². The van der Waals surface area contributed by atoms with Crippen molar-refractivity contribution in [3.8, 4) is 5.75 Å². The number of aliphatic hydroxyl groups is 1. The van der Waals surface area contributed by atoms with Crippen molar-refractivity contribution in [1.82, 2.24) is 10.2 Å². The number of aliphatic hydroxyl groups excluding tert-OH is 1. The topological polar surface area (TPSA) is 90.9 Å². The van der Waals surface area contributed by atoms with Gasteiger partial charge < -0.3 is 20.5 Å². The summed E-state index contributed by atoms with van der Waals surface area (Å²) >= 11 is 0. The smallest absolute Gasteiger partial charge is 0.268 e. The lowest BCUT2D eigenvalue weighted by molar-refractivity contribution is -0.144. The number of anilines is 1. The fourth-order valence-corrected chi connectivity index (χ4v) is 5.07. The third-order valence-electron chi connectivity index (χ3n) is 6.74. The van der Waals surface area contributed by atoms with Crippen molar-refractivity contribution in [3.63, 3.8) is 0 Å². The van der Waals surface area contributed by atoms with E-state index in [1.165, 1.54) is 11.1 Å². The van der Waals surface area contributed by atoms with Crippen LogP contribution in [0.5, 0.6) is 5.75 Å². The summed E-state index contributed by atoms with van der Waals surface area (Å²) in [5, 5.41) is 16.1. The third-order valence-corrected chi connectivity index (χ3v) is 6.74. The van der Waals surface area contributed by atoms with Crippen LogP contribution in [0.1, 0.15) is 41.3 Å². The lowest BCUT2D eigenvalue weighted by Gasteiger charge is -2.47. The fourth-order valence-electron chi connectivity index (χ4n) is 5.07. The highest BCUT2D eigenvalue weighted by Gasteiger charge is 2.53. The lowest BCUT2D eigenvalue weighted by Crippen LogP contribution is -2.58. The van der Waals surface area contributed by atoms with Crippen LogP contribution in [0.2, 0.25) is 0 Å². The number of ether oxygens (including phenoxy) is 1.